The molecule has 1 aliphatic rings. The fraction of sp³-hybridized carbons (Fsp3) is 0.400. The zero-order valence-electron chi connectivity index (χ0n) is 10.6. The van der Waals surface area contributed by atoms with Gasteiger partial charge in [0.2, 0.25) is 0 Å². The fourth-order valence-electron chi connectivity index (χ4n) is 2.77. The molecule has 1 fully saturated rings. The molecule has 19 heavy (non-hydrogen) atoms. The van der Waals surface area contributed by atoms with Crippen LogP contribution in [0.5, 0.6) is 0 Å². The first-order chi connectivity index (χ1) is 9.25. The Labute approximate surface area is 117 Å². The molecule has 0 spiro atoms. The second-order valence-electron chi connectivity index (χ2n) is 5.06. The average Bonchev–Trinajstić information content (AvgIpc) is 2.46. The highest BCUT2D eigenvalue weighted by atomic mass is 35.5. The standard InChI is InChI=1S/C15H17ClN2O/c16-10-4-5-11-12(6-8-18-14(11)9-10)15(19)13-3-1-2-7-17-13/h4-6,8-9,13,15,17,19H,1-3,7H2. The lowest BCUT2D eigenvalue weighted by molar-refractivity contribution is 0.115. The van der Waals surface area contributed by atoms with Gasteiger partial charge in [-0.15, -0.1) is 0 Å². The van der Waals surface area contributed by atoms with Crippen LogP contribution in [0, 0.1) is 0 Å². The van der Waals surface area contributed by atoms with E-state index in [-0.39, 0.29) is 6.04 Å². The van der Waals surface area contributed by atoms with Gasteiger partial charge in [-0.1, -0.05) is 24.1 Å². The Hall–Kier alpha value is -1.16. The van der Waals surface area contributed by atoms with Crippen LogP contribution in [0.15, 0.2) is 30.5 Å². The van der Waals surface area contributed by atoms with Crippen LogP contribution in [0.2, 0.25) is 5.02 Å². The average molecular weight is 277 g/mol. The van der Waals surface area contributed by atoms with E-state index in [4.69, 9.17) is 11.6 Å². The molecular weight excluding hydrogens is 260 g/mol. The number of nitrogens with one attached hydrogen (secondary N) is 1. The van der Waals surface area contributed by atoms with Crippen LogP contribution in [0.1, 0.15) is 30.9 Å². The van der Waals surface area contributed by atoms with Crippen LogP contribution in [0.3, 0.4) is 0 Å². The predicted octanol–water partition coefficient (Wildman–Crippen LogP) is 3.06. The van der Waals surface area contributed by atoms with E-state index in [1.54, 1.807) is 6.20 Å². The molecule has 1 saturated heterocycles. The highest BCUT2D eigenvalue weighted by Gasteiger charge is 2.24. The minimum atomic E-state index is -0.494. The molecule has 1 aromatic carbocycles. The van der Waals surface area contributed by atoms with Crippen molar-refractivity contribution < 1.29 is 5.11 Å². The Morgan fingerprint density at radius 2 is 2.21 bits per heavy atom. The van der Waals surface area contributed by atoms with Gasteiger partial charge in [0, 0.05) is 22.6 Å². The van der Waals surface area contributed by atoms with E-state index >= 15 is 0 Å². The maximum Gasteiger partial charge on any atom is 0.0950 e. The Balaban J connectivity index is 1.99. The number of aliphatic hydroxyl groups excluding tert-OH is 1. The summed E-state index contributed by atoms with van der Waals surface area (Å²) in [5, 5.41) is 15.6. The maximum atomic E-state index is 10.6. The van der Waals surface area contributed by atoms with Crippen molar-refractivity contribution in [2.45, 2.75) is 31.4 Å². The van der Waals surface area contributed by atoms with E-state index < -0.39 is 6.10 Å². The monoisotopic (exact) mass is 276 g/mol. The van der Waals surface area contributed by atoms with Crippen LogP contribution in [-0.4, -0.2) is 22.7 Å². The minimum Gasteiger partial charge on any atom is -0.387 e. The van der Waals surface area contributed by atoms with Gasteiger partial charge in [0.1, 0.15) is 0 Å². The largest absolute Gasteiger partial charge is 0.387 e. The van der Waals surface area contributed by atoms with Gasteiger partial charge < -0.3 is 10.4 Å². The van der Waals surface area contributed by atoms with E-state index in [1.807, 2.05) is 24.3 Å². The first kappa shape index (κ1) is 12.9. The molecule has 2 unspecified atom stereocenters. The molecular formula is C15H17ClN2O. The zero-order chi connectivity index (χ0) is 13.2. The molecule has 2 aromatic rings. The number of hydrogen-bond acceptors (Lipinski definition) is 3. The molecule has 0 bridgehead atoms. The highest BCUT2D eigenvalue weighted by molar-refractivity contribution is 6.31. The number of aliphatic hydroxyl groups is 1. The summed E-state index contributed by atoms with van der Waals surface area (Å²) in [6.45, 7) is 0.983. The first-order valence-electron chi connectivity index (χ1n) is 6.71. The van der Waals surface area contributed by atoms with Crippen molar-refractivity contribution >= 4 is 22.5 Å². The van der Waals surface area contributed by atoms with Gasteiger partial charge in [-0.3, -0.25) is 4.98 Å². The summed E-state index contributed by atoms with van der Waals surface area (Å²) in [7, 11) is 0. The second-order valence-corrected chi connectivity index (χ2v) is 5.50. The first-order valence-corrected chi connectivity index (χ1v) is 7.09. The van der Waals surface area contributed by atoms with Crippen molar-refractivity contribution in [3.8, 4) is 0 Å². The number of halogens is 1. The molecule has 3 nitrogen and oxygen atoms in total. The van der Waals surface area contributed by atoms with Crippen LogP contribution < -0.4 is 5.32 Å². The summed E-state index contributed by atoms with van der Waals surface area (Å²) >= 11 is 5.98. The SMILES string of the molecule is OC(c1ccnc2cc(Cl)ccc12)C1CCCCN1. The Kier molecular flexibility index (Phi) is 3.69. The summed E-state index contributed by atoms with van der Waals surface area (Å²) in [4.78, 5) is 4.31. The smallest absolute Gasteiger partial charge is 0.0950 e. The number of rotatable bonds is 2. The van der Waals surface area contributed by atoms with Crippen molar-refractivity contribution in [1.82, 2.24) is 10.3 Å². The number of hydrogen-bond donors (Lipinski definition) is 2. The lowest BCUT2D eigenvalue weighted by atomic mass is 9.93. The van der Waals surface area contributed by atoms with Crippen LogP contribution in [0.25, 0.3) is 10.9 Å². The minimum absolute atomic E-state index is 0.134. The summed E-state index contributed by atoms with van der Waals surface area (Å²) < 4.78 is 0. The number of nitrogens with zero attached hydrogens (tertiary/aromatic N) is 1. The van der Waals surface area contributed by atoms with Crippen LogP contribution in [0.4, 0.5) is 0 Å². The number of piperidine rings is 1. The third-order valence-electron chi connectivity index (χ3n) is 3.79. The quantitative estimate of drug-likeness (QED) is 0.886. The Morgan fingerprint density at radius 1 is 1.32 bits per heavy atom. The number of aromatic nitrogens is 1. The molecule has 2 N–H and O–H groups in total. The molecule has 1 aromatic heterocycles. The predicted molar refractivity (Wildman–Crippen MR) is 77.4 cm³/mol. The van der Waals surface area contributed by atoms with Crippen LogP contribution in [-0.2, 0) is 0 Å². The van der Waals surface area contributed by atoms with Gasteiger partial charge in [0.05, 0.1) is 11.6 Å². The Morgan fingerprint density at radius 3 is 3.00 bits per heavy atom. The molecule has 0 amide bonds. The topological polar surface area (TPSA) is 45.2 Å². The lowest BCUT2D eigenvalue weighted by Crippen LogP contribution is -2.38. The van der Waals surface area contributed by atoms with Gasteiger partial charge in [-0.05, 0) is 43.1 Å². The molecule has 0 radical (unpaired) electrons. The van der Waals surface area contributed by atoms with Gasteiger partial charge >= 0.3 is 0 Å². The lowest BCUT2D eigenvalue weighted by Gasteiger charge is -2.28. The Bertz CT molecular complexity index is 581. The molecule has 4 heteroatoms. The van der Waals surface area contributed by atoms with Gasteiger partial charge in [0.25, 0.3) is 0 Å². The zero-order valence-corrected chi connectivity index (χ0v) is 11.4. The summed E-state index contributed by atoms with van der Waals surface area (Å²) in [6, 6.07) is 7.65. The van der Waals surface area contributed by atoms with Gasteiger partial charge in [-0.25, -0.2) is 0 Å². The third kappa shape index (κ3) is 2.59. The van der Waals surface area contributed by atoms with E-state index in [1.165, 1.54) is 12.8 Å². The summed E-state index contributed by atoms with van der Waals surface area (Å²) in [6.07, 6.45) is 4.62. The molecule has 2 atom stereocenters. The molecule has 1 aliphatic heterocycles. The molecule has 100 valence electrons. The fourth-order valence-corrected chi connectivity index (χ4v) is 2.93. The summed E-state index contributed by atoms with van der Waals surface area (Å²) in [5.74, 6) is 0. The van der Waals surface area contributed by atoms with Crippen molar-refractivity contribution in [3.05, 3.63) is 41.0 Å². The van der Waals surface area contributed by atoms with Gasteiger partial charge in [-0.2, -0.15) is 0 Å². The summed E-state index contributed by atoms with van der Waals surface area (Å²) in [5.41, 5.74) is 1.76. The van der Waals surface area contributed by atoms with Crippen molar-refractivity contribution in [2.75, 3.05) is 6.54 Å². The molecule has 0 saturated carbocycles. The van der Waals surface area contributed by atoms with Crippen molar-refractivity contribution in [3.63, 3.8) is 0 Å². The molecule has 3 rings (SSSR count). The second kappa shape index (κ2) is 5.45. The van der Waals surface area contributed by atoms with E-state index in [9.17, 15) is 5.11 Å². The number of pyridine rings is 1. The molecule has 2 heterocycles. The number of benzene rings is 1. The highest BCUT2D eigenvalue weighted by Crippen LogP contribution is 2.29. The van der Waals surface area contributed by atoms with E-state index in [0.29, 0.717) is 5.02 Å². The van der Waals surface area contributed by atoms with E-state index in [2.05, 4.69) is 10.3 Å². The van der Waals surface area contributed by atoms with Gasteiger partial charge in [0.15, 0.2) is 0 Å². The van der Waals surface area contributed by atoms with E-state index in [0.717, 1.165) is 29.4 Å². The van der Waals surface area contributed by atoms with Crippen molar-refractivity contribution in [2.24, 2.45) is 0 Å². The maximum absolute atomic E-state index is 10.6. The molecule has 0 aliphatic carbocycles. The van der Waals surface area contributed by atoms with Crippen molar-refractivity contribution in [1.29, 1.82) is 0 Å². The van der Waals surface area contributed by atoms with Crippen LogP contribution >= 0.6 is 11.6 Å². The number of fused-ring (bicyclic) bond motifs is 1. The normalized spacial score (nSPS) is 21.5. The third-order valence-corrected chi connectivity index (χ3v) is 4.02.